The molecule has 2 fully saturated rings. The van der Waals surface area contributed by atoms with Gasteiger partial charge in [-0.15, -0.1) is 0 Å². The minimum Gasteiger partial charge on any atom is -0.481 e. The molecule has 20 heavy (non-hydrogen) atoms. The molecule has 2 amide bonds. The SMILES string of the molecule is CCOC[C@H](C)NC(=O)N1C[C@@H]2CCC[C@@]2(C(=O)O)C1. The van der Waals surface area contributed by atoms with Crippen molar-refractivity contribution >= 4 is 12.0 Å². The summed E-state index contributed by atoms with van der Waals surface area (Å²) in [5, 5.41) is 12.4. The van der Waals surface area contributed by atoms with E-state index in [0.717, 1.165) is 12.8 Å². The van der Waals surface area contributed by atoms with E-state index in [9.17, 15) is 14.7 Å². The van der Waals surface area contributed by atoms with Crippen molar-refractivity contribution in [1.82, 2.24) is 10.2 Å². The molecule has 0 aromatic rings. The van der Waals surface area contributed by atoms with Crippen LogP contribution in [0.25, 0.3) is 0 Å². The number of likely N-dealkylation sites (tertiary alicyclic amines) is 1. The fourth-order valence-electron chi connectivity index (χ4n) is 3.43. The number of nitrogens with one attached hydrogen (secondary N) is 1. The van der Waals surface area contributed by atoms with E-state index in [0.29, 0.717) is 32.7 Å². The highest BCUT2D eigenvalue weighted by Crippen LogP contribution is 2.48. The Kier molecular flexibility index (Phi) is 4.52. The van der Waals surface area contributed by atoms with Crippen molar-refractivity contribution in [2.75, 3.05) is 26.3 Å². The van der Waals surface area contributed by atoms with Crippen molar-refractivity contribution in [1.29, 1.82) is 0 Å². The van der Waals surface area contributed by atoms with Gasteiger partial charge in [-0.3, -0.25) is 4.79 Å². The molecule has 1 saturated carbocycles. The van der Waals surface area contributed by atoms with Gasteiger partial charge in [-0.2, -0.15) is 0 Å². The van der Waals surface area contributed by atoms with Crippen LogP contribution < -0.4 is 5.32 Å². The van der Waals surface area contributed by atoms with Gasteiger partial charge in [0.2, 0.25) is 0 Å². The largest absolute Gasteiger partial charge is 0.481 e. The van der Waals surface area contributed by atoms with Crippen LogP contribution in [-0.4, -0.2) is 54.4 Å². The molecule has 1 aliphatic carbocycles. The number of urea groups is 1. The maximum absolute atomic E-state index is 12.2. The lowest BCUT2D eigenvalue weighted by atomic mass is 9.81. The van der Waals surface area contributed by atoms with Gasteiger partial charge in [0.1, 0.15) is 0 Å². The maximum Gasteiger partial charge on any atom is 0.317 e. The first-order chi connectivity index (χ1) is 9.49. The number of carbonyl (C=O) groups is 2. The summed E-state index contributed by atoms with van der Waals surface area (Å²) in [5.74, 6) is -0.648. The molecule has 1 heterocycles. The Morgan fingerprint density at radius 2 is 2.30 bits per heavy atom. The first-order valence-electron chi connectivity index (χ1n) is 7.36. The number of hydrogen-bond donors (Lipinski definition) is 2. The number of amides is 2. The molecule has 3 atom stereocenters. The maximum atomic E-state index is 12.2. The topological polar surface area (TPSA) is 78.9 Å². The molecule has 114 valence electrons. The van der Waals surface area contributed by atoms with Gasteiger partial charge in [0.25, 0.3) is 0 Å². The summed E-state index contributed by atoms with van der Waals surface area (Å²) in [6.45, 7) is 5.78. The number of carboxylic acids is 1. The summed E-state index contributed by atoms with van der Waals surface area (Å²) >= 11 is 0. The Labute approximate surface area is 119 Å². The minimum atomic E-state index is -0.752. The lowest BCUT2D eigenvalue weighted by Gasteiger charge is -2.24. The van der Waals surface area contributed by atoms with Crippen LogP contribution in [0, 0.1) is 11.3 Å². The van der Waals surface area contributed by atoms with E-state index in [1.54, 1.807) is 4.90 Å². The number of nitrogens with zero attached hydrogens (tertiary/aromatic N) is 1. The molecule has 0 radical (unpaired) electrons. The molecular formula is C14H24N2O4. The summed E-state index contributed by atoms with van der Waals surface area (Å²) in [6.07, 6.45) is 2.54. The van der Waals surface area contributed by atoms with E-state index in [1.807, 2.05) is 13.8 Å². The van der Waals surface area contributed by atoms with Gasteiger partial charge in [0.05, 0.1) is 18.1 Å². The van der Waals surface area contributed by atoms with Crippen molar-refractivity contribution in [3.8, 4) is 0 Å². The smallest absolute Gasteiger partial charge is 0.317 e. The van der Waals surface area contributed by atoms with Crippen LogP contribution in [0.3, 0.4) is 0 Å². The van der Waals surface area contributed by atoms with Gasteiger partial charge in [0, 0.05) is 19.7 Å². The van der Waals surface area contributed by atoms with Crippen molar-refractivity contribution in [2.24, 2.45) is 11.3 Å². The average Bonchev–Trinajstić information content (AvgIpc) is 2.93. The van der Waals surface area contributed by atoms with Crippen LogP contribution in [0.15, 0.2) is 0 Å². The summed E-state index contributed by atoms with van der Waals surface area (Å²) in [7, 11) is 0. The van der Waals surface area contributed by atoms with E-state index in [4.69, 9.17) is 4.74 Å². The van der Waals surface area contributed by atoms with Gasteiger partial charge in [0.15, 0.2) is 0 Å². The number of rotatable bonds is 5. The lowest BCUT2D eigenvalue weighted by molar-refractivity contribution is -0.149. The molecule has 0 unspecified atom stereocenters. The van der Waals surface area contributed by atoms with Crippen molar-refractivity contribution < 1.29 is 19.4 Å². The van der Waals surface area contributed by atoms with Crippen LogP contribution in [0.5, 0.6) is 0 Å². The van der Waals surface area contributed by atoms with Gasteiger partial charge in [-0.05, 0) is 32.6 Å². The molecule has 6 nitrogen and oxygen atoms in total. The molecule has 2 aliphatic rings. The Morgan fingerprint density at radius 1 is 1.55 bits per heavy atom. The van der Waals surface area contributed by atoms with Crippen molar-refractivity contribution in [2.45, 2.75) is 39.2 Å². The number of fused-ring (bicyclic) bond motifs is 1. The molecule has 2 rings (SSSR count). The summed E-state index contributed by atoms with van der Waals surface area (Å²) in [5.41, 5.74) is -0.708. The van der Waals surface area contributed by atoms with Gasteiger partial charge < -0.3 is 20.1 Å². The molecule has 1 aliphatic heterocycles. The van der Waals surface area contributed by atoms with Gasteiger partial charge in [-0.1, -0.05) is 6.42 Å². The normalized spacial score (nSPS) is 30.1. The Morgan fingerprint density at radius 3 is 2.90 bits per heavy atom. The van der Waals surface area contributed by atoms with Crippen molar-refractivity contribution in [3.05, 3.63) is 0 Å². The molecule has 0 spiro atoms. The third kappa shape index (κ3) is 2.75. The summed E-state index contributed by atoms with van der Waals surface area (Å²) < 4.78 is 5.26. The zero-order chi connectivity index (χ0) is 14.8. The van der Waals surface area contributed by atoms with E-state index >= 15 is 0 Å². The molecule has 0 aromatic carbocycles. The van der Waals surface area contributed by atoms with Crippen molar-refractivity contribution in [3.63, 3.8) is 0 Å². The van der Waals surface area contributed by atoms with Gasteiger partial charge >= 0.3 is 12.0 Å². The first kappa shape index (κ1) is 15.1. The Balaban J connectivity index is 1.92. The van der Waals surface area contributed by atoms with Crippen LogP contribution in [0.4, 0.5) is 4.79 Å². The highest BCUT2D eigenvalue weighted by molar-refractivity contribution is 5.80. The second kappa shape index (κ2) is 5.99. The third-order valence-corrected chi connectivity index (χ3v) is 4.53. The van der Waals surface area contributed by atoms with E-state index in [1.165, 1.54) is 0 Å². The predicted octanol–water partition coefficient (Wildman–Crippen LogP) is 1.31. The monoisotopic (exact) mass is 284 g/mol. The lowest BCUT2D eigenvalue weighted by Crippen LogP contribution is -2.46. The minimum absolute atomic E-state index is 0.0660. The van der Waals surface area contributed by atoms with E-state index in [-0.39, 0.29) is 18.0 Å². The highest BCUT2D eigenvalue weighted by atomic mass is 16.5. The first-order valence-corrected chi connectivity index (χ1v) is 7.36. The molecular weight excluding hydrogens is 260 g/mol. The van der Waals surface area contributed by atoms with E-state index < -0.39 is 11.4 Å². The fraction of sp³-hybridized carbons (Fsp3) is 0.857. The Bertz CT molecular complexity index is 387. The summed E-state index contributed by atoms with van der Waals surface area (Å²) in [4.78, 5) is 25.4. The Hall–Kier alpha value is -1.30. The zero-order valence-electron chi connectivity index (χ0n) is 12.2. The number of aliphatic carboxylic acids is 1. The number of carboxylic acid groups (broad SMARTS) is 1. The van der Waals surface area contributed by atoms with E-state index in [2.05, 4.69) is 5.32 Å². The molecule has 6 heteroatoms. The number of ether oxygens (including phenoxy) is 1. The fourth-order valence-corrected chi connectivity index (χ4v) is 3.43. The zero-order valence-corrected chi connectivity index (χ0v) is 12.2. The molecule has 0 bridgehead atoms. The highest BCUT2D eigenvalue weighted by Gasteiger charge is 2.55. The predicted molar refractivity (Wildman–Crippen MR) is 73.5 cm³/mol. The second-order valence-corrected chi connectivity index (χ2v) is 5.94. The standard InChI is InChI=1S/C14H24N2O4/c1-3-20-8-10(2)15-13(19)16-7-11-5-4-6-14(11,9-16)12(17)18/h10-11H,3-9H2,1-2H3,(H,15,19)(H,17,18)/t10-,11-,14+/m0/s1. The van der Waals surface area contributed by atoms with Gasteiger partial charge in [-0.25, -0.2) is 4.79 Å². The van der Waals surface area contributed by atoms with Crippen LogP contribution in [0.2, 0.25) is 0 Å². The van der Waals surface area contributed by atoms with Crippen LogP contribution in [0.1, 0.15) is 33.1 Å². The van der Waals surface area contributed by atoms with Crippen LogP contribution in [-0.2, 0) is 9.53 Å². The second-order valence-electron chi connectivity index (χ2n) is 5.94. The number of carbonyl (C=O) groups excluding carboxylic acids is 1. The average molecular weight is 284 g/mol. The molecule has 0 aromatic heterocycles. The third-order valence-electron chi connectivity index (χ3n) is 4.53. The molecule has 1 saturated heterocycles. The quantitative estimate of drug-likeness (QED) is 0.798. The molecule has 2 N–H and O–H groups in total. The summed E-state index contributed by atoms with van der Waals surface area (Å²) in [6, 6.07) is -0.240. The number of hydrogen-bond acceptors (Lipinski definition) is 3. The van der Waals surface area contributed by atoms with Crippen LogP contribution >= 0.6 is 0 Å².